The van der Waals surface area contributed by atoms with E-state index < -0.39 is 21.6 Å². The highest BCUT2D eigenvalue weighted by Crippen LogP contribution is 2.30. The van der Waals surface area contributed by atoms with E-state index in [0.29, 0.717) is 19.6 Å². The summed E-state index contributed by atoms with van der Waals surface area (Å²) in [7, 11) is -0.920. The van der Waals surface area contributed by atoms with Gasteiger partial charge in [0.05, 0.1) is 37.0 Å². The summed E-state index contributed by atoms with van der Waals surface area (Å²) in [5, 5.41) is 2.44. The predicted octanol–water partition coefficient (Wildman–Crippen LogP) is 2.91. The van der Waals surface area contributed by atoms with E-state index in [0.717, 1.165) is 0 Å². The lowest BCUT2D eigenvalue weighted by Crippen LogP contribution is -2.19. The van der Waals surface area contributed by atoms with Gasteiger partial charge in [0.2, 0.25) is 0 Å². The number of hydrogen-bond acceptors (Lipinski definition) is 6. The van der Waals surface area contributed by atoms with Crippen LogP contribution >= 0.6 is 0 Å². The largest absolute Gasteiger partial charge is 0.496 e. The molecule has 2 aromatic rings. The van der Waals surface area contributed by atoms with Crippen LogP contribution in [-0.2, 0) is 14.6 Å². The number of benzene rings is 2. The smallest absolute Gasteiger partial charge is 0.259 e. The average Bonchev–Trinajstić information content (AvgIpc) is 3.21. The Morgan fingerprint density at radius 1 is 1.21 bits per heavy atom. The fraction of sp³-hybridized carbons (Fsp3) is 0.350. The fourth-order valence-electron chi connectivity index (χ4n) is 3.16. The van der Waals surface area contributed by atoms with E-state index in [1.165, 1.54) is 50.6 Å². The summed E-state index contributed by atoms with van der Waals surface area (Å²) in [4.78, 5) is 12.8. The molecule has 3 rings (SSSR count). The van der Waals surface area contributed by atoms with Gasteiger partial charge in [0.15, 0.2) is 15.7 Å². The van der Waals surface area contributed by atoms with Gasteiger partial charge in [-0.05, 0) is 42.7 Å². The summed E-state index contributed by atoms with van der Waals surface area (Å²) in [6.07, 6.45) is 0.676. The van der Waals surface area contributed by atoms with Gasteiger partial charge in [-0.2, -0.15) is 0 Å². The minimum Gasteiger partial charge on any atom is -0.496 e. The second kappa shape index (κ2) is 8.79. The van der Waals surface area contributed by atoms with Crippen molar-refractivity contribution in [1.29, 1.82) is 0 Å². The molecule has 1 fully saturated rings. The molecule has 0 spiro atoms. The Labute approximate surface area is 168 Å². The molecule has 0 aliphatic carbocycles. The summed E-state index contributed by atoms with van der Waals surface area (Å²) in [5.41, 5.74) is -0.167. The summed E-state index contributed by atoms with van der Waals surface area (Å²) >= 11 is 0. The predicted molar refractivity (Wildman–Crippen MR) is 105 cm³/mol. The Hall–Kier alpha value is -2.65. The number of hydrogen-bond donors (Lipinski definition) is 1. The van der Waals surface area contributed by atoms with E-state index in [2.05, 4.69) is 5.32 Å². The average molecular weight is 423 g/mol. The number of halogens is 1. The van der Waals surface area contributed by atoms with Crippen molar-refractivity contribution >= 4 is 21.4 Å². The second-order valence-electron chi connectivity index (χ2n) is 6.64. The first-order valence-corrected chi connectivity index (χ1v) is 10.6. The Bertz CT molecular complexity index is 1000. The number of para-hydroxylation sites is 1. The molecule has 156 valence electrons. The maximum absolute atomic E-state index is 14.2. The number of methoxy groups -OCH3 is 2. The molecule has 2 aromatic carbocycles. The zero-order chi connectivity index (χ0) is 21.0. The lowest BCUT2D eigenvalue weighted by atomic mass is 10.1. The molecular weight excluding hydrogens is 401 g/mol. The fourth-order valence-corrected chi connectivity index (χ4v) is 4.80. The van der Waals surface area contributed by atoms with Crippen molar-refractivity contribution in [3.8, 4) is 11.5 Å². The number of carbonyl (C=O) groups excluding carboxylic acids is 1. The monoisotopic (exact) mass is 423 g/mol. The van der Waals surface area contributed by atoms with Crippen molar-refractivity contribution in [2.24, 2.45) is 5.92 Å². The summed E-state index contributed by atoms with van der Waals surface area (Å²) in [6, 6.07) is 8.17. The van der Waals surface area contributed by atoms with Gasteiger partial charge in [-0.1, -0.05) is 6.07 Å². The van der Waals surface area contributed by atoms with Gasteiger partial charge in [-0.15, -0.1) is 0 Å². The maximum atomic E-state index is 14.2. The van der Waals surface area contributed by atoms with Gasteiger partial charge in [0.25, 0.3) is 5.91 Å². The molecule has 1 aliphatic rings. The summed E-state index contributed by atoms with van der Waals surface area (Å²) in [6.45, 7) is 0.941. The molecule has 1 amide bonds. The lowest BCUT2D eigenvalue weighted by molar-refractivity contribution is 0.102. The standard InChI is InChI=1S/C20H22FNO6S/c1-26-17-7-6-14(29(24,25)12-13-8-9-28-11-13)10-15(17)20(23)22-19-16(21)4-3-5-18(19)27-2/h3-7,10,13H,8-9,11-12H2,1-2H3,(H,22,23)/t13-/m0/s1. The van der Waals surface area contributed by atoms with Crippen LogP contribution in [0.25, 0.3) is 0 Å². The van der Waals surface area contributed by atoms with Crippen molar-refractivity contribution in [2.45, 2.75) is 11.3 Å². The van der Waals surface area contributed by atoms with Crippen LogP contribution in [-0.4, -0.2) is 47.5 Å². The Morgan fingerprint density at radius 2 is 1.97 bits per heavy atom. The highest BCUT2D eigenvalue weighted by atomic mass is 32.2. The second-order valence-corrected chi connectivity index (χ2v) is 8.68. The van der Waals surface area contributed by atoms with Crippen molar-refractivity contribution in [1.82, 2.24) is 0 Å². The number of amides is 1. The molecule has 0 aromatic heterocycles. The maximum Gasteiger partial charge on any atom is 0.259 e. The first-order chi connectivity index (χ1) is 13.9. The van der Waals surface area contributed by atoms with Gasteiger partial charge in [-0.3, -0.25) is 4.79 Å². The van der Waals surface area contributed by atoms with Crippen LogP contribution in [0, 0.1) is 11.7 Å². The third-order valence-corrected chi connectivity index (χ3v) is 6.57. The zero-order valence-corrected chi connectivity index (χ0v) is 16.9. The molecule has 0 radical (unpaired) electrons. The van der Waals surface area contributed by atoms with E-state index in [4.69, 9.17) is 14.2 Å². The van der Waals surface area contributed by atoms with E-state index in [1.807, 2.05) is 0 Å². The number of ether oxygens (including phenoxy) is 3. The van der Waals surface area contributed by atoms with Gasteiger partial charge in [0, 0.05) is 6.61 Å². The number of sulfone groups is 1. The van der Waals surface area contributed by atoms with Gasteiger partial charge in [0.1, 0.15) is 17.2 Å². The Kier molecular flexibility index (Phi) is 6.39. The molecule has 29 heavy (non-hydrogen) atoms. The normalized spacial score (nSPS) is 16.4. The van der Waals surface area contributed by atoms with E-state index in [-0.39, 0.29) is 39.3 Å². The molecule has 9 heteroatoms. The minimum atomic E-state index is -3.63. The van der Waals surface area contributed by atoms with Crippen molar-refractivity contribution in [3.63, 3.8) is 0 Å². The molecule has 0 saturated carbocycles. The number of nitrogens with one attached hydrogen (secondary N) is 1. The molecule has 1 aliphatic heterocycles. The van der Waals surface area contributed by atoms with Crippen molar-refractivity contribution in [3.05, 3.63) is 47.8 Å². The first-order valence-electron chi connectivity index (χ1n) is 8.98. The van der Waals surface area contributed by atoms with Crippen LogP contribution in [0.4, 0.5) is 10.1 Å². The van der Waals surface area contributed by atoms with Crippen molar-refractivity contribution in [2.75, 3.05) is 38.5 Å². The molecule has 0 unspecified atom stereocenters. The van der Waals surface area contributed by atoms with Crippen LogP contribution in [0.3, 0.4) is 0 Å². The molecule has 1 N–H and O–H groups in total. The topological polar surface area (TPSA) is 90.9 Å². The number of rotatable bonds is 7. The number of carbonyl (C=O) groups is 1. The number of anilines is 1. The third kappa shape index (κ3) is 4.68. The zero-order valence-electron chi connectivity index (χ0n) is 16.1. The van der Waals surface area contributed by atoms with E-state index in [1.54, 1.807) is 0 Å². The summed E-state index contributed by atoms with van der Waals surface area (Å²) < 4.78 is 55.2. The van der Waals surface area contributed by atoms with Crippen LogP contribution in [0.15, 0.2) is 41.3 Å². The molecule has 1 saturated heterocycles. The molecule has 7 nitrogen and oxygen atoms in total. The minimum absolute atomic E-state index is 0.00384. The Balaban J connectivity index is 1.92. The van der Waals surface area contributed by atoms with Gasteiger partial charge >= 0.3 is 0 Å². The Morgan fingerprint density at radius 3 is 2.62 bits per heavy atom. The van der Waals surface area contributed by atoms with Crippen LogP contribution < -0.4 is 14.8 Å². The highest BCUT2D eigenvalue weighted by molar-refractivity contribution is 7.91. The molecular formula is C20H22FNO6S. The lowest BCUT2D eigenvalue weighted by Gasteiger charge is -2.14. The third-order valence-electron chi connectivity index (χ3n) is 4.69. The molecule has 1 atom stereocenters. The van der Waals surface area contributed by atoms with Gasteiger partial charge in [-0.25, -0.2) is 12.8 Å². The molecule has 1 heterocycles. The van der Waals surface area contributed by atoms with Crippen LogP contribution in [0.2, 0.25) is 0 Å². The molecule has 0 bridgehead atoms. The first kappa shape index (κ1) is 21.1. The van der Waals surface area contributed by atoms with Crippen molar-refractivity contribution < 1.29 is 31.8 Å². The van der Waals surface area contributed by atoms with Gasteiger partial charge < -0.3 is 19.5 Å². The van der Waals surface area contributed by atoms with E-state index >= 15 is 0 Å². The van der Waals surface area contributed by atoms with Crippen LogP contribution in [0.1, 0.15) is 16.8 Å². The highest BCUT2D eigenvalue weighted by Gasteiger charge is 2.26. The van der Waals surface area contributed by atoms with E-state index in [9.17, 15) is 17.6 Å². The quantitative estimate of drug-likeness (QED) is 0.736. The SMILES string of the molecule is COc1ccc(S(=O)(=O)C[C@H]2CCOC2)cc1C(=O)Nc1c(F)cccc1OC. The summed E-state index contributed by atoms with van der Waals surface area (Å²) in [5.74, 6) is -1.24. The van der Waals surface area contributed by atoms with Crippen LogP contribution in [0.5, 0.6) is 11.5 Å².